The van der Waals surface area contributed by atoms with Gasteiger partial charge in [-0.1, -0.05) is 83.1 Å². The Kier molecular flexibility index (Phi) is 7.45. The van der Waals surface area contributed by atoms with Crippen molar-refractivity contribution in [1.29, 1.82) is 0 Å². The molecular formula is C31H46O3. The van der Waals surface area contributed by atoms with Gasteiger partial charge in [0.15, 0.2) is 0 Å². The second-order valence-electron chi connectivity index (χ2n) is 13.6. The van der Waals surface area contributed by atoms with E-state index in [-0.39, 0.29) is 27.6 Å². The fourth-order valence-electron chi connectivity index (χ4n) is 4.29. The fourth-order valence-corrected chi connectivity index (χ4v) is 4.29. The van der Waals surface area contributed by atoms with Crippen LogP contribution >= 0.6 is 0 Å². The van der Waals surface area contributed by atoms with Crippen molar-refractivity contribution in [2.24, 2.45) is 0 Å². The number of rotatable bonds is 3. The number of benzene rings is 2. The van der Waals surface area contributed by atoms with Gasteiger partial charge in [-0.25, -0.2) is 0 Å². The number of hydrogen-bond acceptors (Lipinski definition) is 3. The molecular weight excluding hydrogens is 420 g/mol. The Morgan fingerprint density at radius 1 is 0.559 bits per heavy atom. The predicted octanol–water partition coefficient (Wildman–Crippen LogP) is 8.48. The third-order valence-electron chi connectivity index (χ3n) is 6.19. The SMILES string of the molecule is COc1c(C(C)(C)C)cc(-c2cc(C(C)(C)C)c(OC(C)=O)c(C(C)(C)C)c2)cc1C(C)(C)C. The van der Waals surface area contributed by atoms with Crippen LogP contribution in [0, 0.1) is 0 Å². The van der Waals surface area contributed by atoms with Gasteiger partial charge in [-0.3, -0.25) is 4.79 Å². The molecule has 2 aromatic carbocycles. The molecule has 188 valence electrons. The Morgan fingerprint density at radius 3 is 1.03 bits per heavy atom. The molecule has 3 nitrogen and oxygen atoms in total. The lowest BCUT2D eigenvalue weighted by atomic mass is 9.75. The highest BCUT2D eigenvalue weighted by Gasteiger charge is 2.31. The summed E-state index contributed by atoms with van der Waals surface area (Å²) in [5, 5.41) is 0. The highest BCUT2D eigenvalue weighted by molar-refractivity contribution is 5.76. The van der Waals surface area contributed by atoms with Crippen LogP contribution in [0.5, 0.6) is 11.5 Å². The number of carbonyl (C=O) groups excluding carboxylic acids is 1. The molecule has 0 heterocycles. The van der Waals surface area contributed by atoms with Crippen molar-refractivity contribution in [3.63, 3.8) is 0 Å². The smallest absolute Gasteiger partial charge is 0.308 e. The van der Waals surface area contributed by atoms with Gasteiger partial charge in [-0.15, -0.1) is 0 Å². The minimum atomic E-state index is -0.293. The normalized spacial score (nSPS) is 13.1. The first-order chi connectivity index (χ1) is 15.2. The van der Waals surface area contributed by atoms with E-state index in [1.165, 1.54) is 18.1 Å². The second-order valence-corrected chi connectivity index (χ2v) is 13.6. The predicted molar refractivity (Wildman–Crippen MR) is 145 cm³/mol. The standard InChI is InChI=1S/C31H46O3/c1-19(32)34-27-24(30(8,9)10)17-21(18-25(27)31(11,12)13)20-15-22(28(2,3)4)26(33-14)23(16-20)29(5,6)7/h15-18H,1-14H3. The highest BCUT2D eigenvalue weighted by Crippen LogP contribution is 2.46. The van der Waals surface area contributed by atoms with Gasteiger partial charge in [0.1, 0.15) is 11.5 Å². The lowest BCUT2D eigenvalue weighted by Crippen LogP contribution is -2.22. The highest BCUT2D eigenvalue weighted by atomic mass is 16.5. The van der Waals surface area contributed by atoms with Crippen molar-refractivity contribution >= 4 is 5.97 Å². The minimum absolute atomic E-state index is 0.0846. The summed E-state index contributed by atoms with van der Waals surface area (Å²) in [6, 6.07) is 8.95. The van der Waals surface area contributed by atoms with Gasteiger partial charge in [-0.05, 0) is 57.1 Å². The first-order valence-electron chi connectivity index (χ1n) is 12.3. The summed E-state index contributed by atoms with van der Waals surface area (Å²) < 4.78 is 11.8. The zero-order chi connectivity index (χ0) is 26.4. The Bertz CT molecular complexity index is 992. The van der Waals surface area contributed by atoms with E-state index in [4.69, 9.17) is 9.47 Å². The molecule has 0 aliphatic heterocycles. The summed E-state index contributed by atoms with van der Waals surface area (Å²) in [5.74, 6) is 1.36. The van der Waals surface area contributed by atoms with Crippen molar-refractivity contribution in [2.45, 2.75) is 112 Å². The van der Waals surface area contributed by atoms with Gasteiger partial charge < -0.3 is 9.47 Å². The molecule has 2 rings (SSSR count). The van der Waals surface area contributed by atoms with Crippen molar-refractivity contribution < 1.29 is 14.3 Å². The van der Waals surface area contributed by atoms with Crippen LogP contribution in [0.25, 0.3) is 11.1 Å². The summed E-state index contributed by atoms with van der Waals surface area (Å²) in [6.07, 6.45) is 0. The summed E-state index contributed by atoms with van der Waals surface area (Å²) >= 11 is 0. The van der Waals surface area contributed by atoms with Crippen LogP contribution < -0.4 is 9.47 Å². The molecule has 0 fully saturated rings. The fraction of sp³-hybridized carbons (Fsp3) is 0.581. The van der Waals surface area contributed by atoms with Crippen molar-refractivity contribution in [1.82, 2.24) is 0 Å². The van der Waals surface area contributed by atoms with Crippen LogP contribution in [0.1, 0.15) is 112 Å². The topological polar surface area (TPSA) is 35.5 Å². The summed E-state index contributed by atoms with van der Waals surface area (Å²) in [7, 11) is 1.77. The third-order valence-corrected chi connectivity index (χ3v) is 6.19. The number of ether oxygens (including phenoxy) is 2. The molecule has 3 heteroatoms. The van der Waals surface area contributed by atoms with E-state index in [9.17, 15) is 4.79 Å². The van der Waals surface area contributed by atoms with E-state index in [1.807, 2.05) is 0 Å². The maximum atomic E-state index is 12.1. The number of methoxy groups -OCH3 is 1. The number of carbonyl (C=O) groups is 1. The van der Waals surface area contributed by atoms with Crippen molar-refractivity contribution in [2.75, 3.05) is 7.11 Å². The van der Waals surface area contributed by atoms with E-state index in [0.29, 0.717) is 5.75 Å². The molecule has 2 aromatic rings. The van der Waals surface area contributed by atoms with E-state index in [0.717, 1.165) is 28.0 Å². The maximum Gasteiger partial charge on any atom is 0.308 e. The van der Waals surface area contributed by atoms with Gasteiger partial charge in [0, 0.05) is 29.2 Å². The number of esters is 1. The van der Waals surface area contributed by atoms with E-state index in [1.54, 1.807) is 7.11 Å². The van der Waals surface area contributed by atoms with Crippen LogP contribution in [0.3, 0.4) is 0 Å². The molecule has 0 bridgehead atoms. The van der Waals surface area contributed by atoms with Crippen molar-refractivity contribution in [3.8, 4) is 22.6 Å². The first kappa shape index (κ1) is 28.0. The Hall–Kier alpha value is -2.29. The molecule has 0 aromatic heterocycles. The lowest BCUT2D eigenvalue weighted by Gasteiger charge is -2.32. The van der Waals surface area contributed by atoms with E-state index in [2.05, 4.69) is 107 Å². The Morgan fingerprint density at radius 2 is 0.824 bits per heavy atom. The second kappa shape index (κ2) is 9.06. The zero-order valence-electron chi connectivity index (χ0n) is 24.0. The van der Waals surface area contributed by atoms with Gasteiger partial charge in [0.25, 0.3) is 0 Å². The van der Waals surface area contributed by atoms with Crippen LogP contribution in [0.2, 0.25) is 0 Å². The Balaban J connectivity index is 3.05. The molecule has 0 radical (unpaired) electrons. The molecule has 0 spiro atoms. The molecule has 0 N–H and O–H groups in total. The molecule has 0 saturated heterocycles. The summed E-state index contributed by atoms with van der Waals surface area (Å²) in [5.41, 5.74) is 6.17. The van der Waals surface area contributed by atoms with E-state index < -0.39 is 0 Å². The molecule has 34 heavy (non-hydrogen) atoms. The van der Waals surface area contributed by atoms with Crippen LogP contribution in [-0.4, -0.2) is 13.1 Å². The molecule has 0 saturated carbocycles. The van der Waals surface area contributed by atoms with Crippen LogP contribution in [0.15, 0.2) is 24.3 Å². The van der Waals surface area contributed by atoms with Gasteiger partial charge in [-0.2, -0.15) is 0 Å². The molecule has 0 unspecified atom stereocenters. The molecule has 0 atom stereocenters. The van der Waals surface area contributed by atoms with Gasteiger partial charge >= 0.3 is 5.97 Å². The Labute approximate surface area is 208 Å². The minimum Gasteiger partial charge on any atom is -0.496 e. The van der Waals surface area contributed by atoms with Crippen LogP contribution in [-0.2, 0) is 26.5 Å². The summed E-state index contributed by atoms with van der Waals surface area (Å²) in [6.45, 7) is 27.8. The quantitative estimate of drug-likeness (QED) is 0.336. The molecule has 0 amide bonds. The molecule has 0 aliphatic rings. The van der Waals surface area contributed by atoms with Gasteiger partial charge in [0.05, 0.1) is 7.11 Å². The van der Waals surface area contributed by atoms with Gasteiger partial charge in [0.2, 0.25) is 0 Å². The maximum absolute atomic E-state index is 12.1. The molecule has 0 aliphatic carbocycles. The lowest BCUT2D eigenvalue weighted by molar-refractivity contribution is -0.132. The third kappa shape index (κ3) is 6.03. The average Bonchev–Trinajstić information content (AvgIpc) is 2.63. The summed E-state index contributed by atoms with van der Waals surface area (Å²) in [4.78, 5) is 12.1. The first-order valence-corrected chi connectivity index (χ1v) is 12.3. The largest absolute Gasteiger partial charge is 0.496 e. The van der Waals surface area contributed by atoms with E-state index >= 15 is 0 Å². The number of hydrogen-bond donors (Lipinski definition) is 0. The average molecular weight is 467 g/mol. The van der Waals surface area contributed by atoms with Crippen molar-refractivity contribution in [3.05, 3.63) is 46.5 Å². The monoisotopic (exact) mass is 466 g/mol. The zero-order valence-corrected chi connectivity index (χ0v) is 24.0. The van der Waals surface area contributed by atoms with Crippen LogP contribution in [0.4, 0.5) is 0 Å².